The highest BCUT2D eigenvalue weighted by Gasteiger charge is 2.24. The number of carbonyl (C=O) groups is 1. The molecular weight excluding hydrogens is 246 g/mol. The first kappa shape index (κ1) is 12.9. The van der Waals surface area contributed by atoms with Crippen LogP contribution in [0.3, 0.4) is 0 Å². The lowest BCUT2D eigenvalue weighted by molar-refractivity contribution is -0.115. The quantitative estimate of drug-likeness (QED) is 0.887. The SMILES string of the molecule is CC1Sc2ccc(C(C#N)N(C)C)cc2NC1=O. The Morgan fingerprint density at radius 3 is 2.83 bits per heavy atom. The second kappa shape index (κ2) is 5.01. The molecule has 18 heavy (non-hydrogen) atoms. The number of nitrogens with zero attached hydrogens (tertiary/aromatic N) is 2. The number of hydrogen-bond acceptors (Lipinski definition) is 4. The van der Waals surface area contributed by atoms with E-state index in [1.807, 2.05) is 44.1 Å². The molecule has 2 atom stereocenters. The summed E-state index contributed by atoms with van der Waals surface area (Å²) in [7, 11) is 3.73. The molecule has 0 saturated carbocycles. The van der Waals surface area contributed by atoms with Gasteiger partial charge in [0.1, 0.15) is 6.04 Å². The van der Waals surface area contributed by atoms with E-state index in [4.69, 9.17) is 5.26 Å². The Balaban J connectivity index is 2.36. The van der Waals surface area contributed by atoms with Crippen molar-refractivity contribution in [2.45, 2.75) is 23.1 Å². The van der Waals surface area contributed by atoms with Gasteiger partial charge < -0.3 is 5.32 Å². The number of fused-ring (bicyclic) bond motifs is 1. The second-order valence-corrected chi connectivity index (χ2v) is 5.88. The number of thioether (sulfide) groups is 1. The van der Waals surface area contributed by atoms with E-state index in [9.17, 15) is 4.79 Å². The molecule has 1 amide bonds. The molecule has 4 nitrogen and oxygen atoms in total. The molecular formula is C13H15N3OS. The molecule has 0 radical (unpaired) electrons. The molecule has 0 aliphatic carbocycles. The number of amides is 1. The van der Waals surface area contributed by atoms with Crippen LogP contribution in [0.15, 0.2) is 23.1 Å². The first-order chi connectivity index (χ1) is 8.52. The molecule has 1 aliphatic heterocycles. The Kier molecular flexibility index (Phi) is 3.60. The van der Waals surface area contributed by atoms with Gasteiger partial charge in [0.05, 0.1) is 17.0 Å². The van der Waals surface area contributed by atoms with Crippen LogP contribution >= 0.6 is 11.8 Å². The molecule has 0 aromatic heterocycles. The summed E-state index contributed by atoms with van der Waals surface area (Å²) in [5.74, 6) is 0.0167. The number of nitriles is 1. The molecule has 1 N–H and O–H groups in total. The maximum atomic E-state index is 11.6. The van der Waals surface area contributed by atoms with Gasteiger partial charge in [0.2, 0.25) is 5.91 Å². The summed E-state index contributed by atoms with van der Waals surface area (Å²) >= 11 is 1.55. The van der Waals surface area contributed by atoms with Crippen LogP contribution in [-0.2, 0) is 4.79 Å². The molecule has 0 bridgehead atoms. The zero-order valence-corrected chi connectivity index (χ0v) is 11.4. The smallest absolute Gasteiger partial charge is 0.237 e. The van der Waals surface area contributed by atoms with E-state index in [2.05, 4.69) is 11.4 Å². The van der Waals surface area contributed by atoms with Gasteiger partial charge in [-0.05, 0) is 38.7 Å². The minimum Gasteiger partial charge on any atom is -0.324 e. The zero-order chi connectivity index (χ0) is 13.3. The van der Waals surface area contributed by atoms with Gasteiger partial charge in [-0.15, -0.1) is 11.8 Å². The molecule has 1 heterocycles. The molecule has 2 unspecified atom stereocenters. The monoisotopic (exact) mass is 261 g/mol. The van der Waals surface area contributed by atoms with E-state index in [-0.39, 0.29) is 17.2 Å². The molecule has 94 valence electrons. The highest BCUT2D eigenvalue weighted by molar-refractivity contribution is 8.00. The van der Waals surface area contributed by atoms with Crippen LogP contribution in [0.1, 0.15) is 18.5 Å². The van der Waals surface area contributed by atoms with E-state index in [1.54, 1.807) is 11.8 Å². The second-order valence-electron chi connectivity index (χ2n) is 4.50. The van der Waals surface area contributed by atoms with Crippen LogP contribution in [0, 0.1) is 11.3 Å². The minimum atomic E-state index is -0.295. The largest absolute Gasteiger partial charge is 0.324 e. The predicted molar refractivity (Wildman–Crippen MR) is 72.4 cm³/mol. The minimum absolute atomic E-state index is 0.0167. The fraction of sp³-hybridized carbons (Fsp3) is 0.385. The van der Waals surface area contributed by atoms with Gasteiger partial charge in [-0.25, -0.2) is 0 Å². The van der Waals surface area contributed by atoms with Crippen molar-refractivity contribution in [2.75, 3.05) is 19.4 Å². The van der Waals surface area contributed by atoms with Gasteiger partial charge in [0.25, 0.3) is 0 Å². The van der Waals surface area contributed by atoms with Crippen molar-refractivity contribution in [3.8, 4) is 6.07 Å². The van der Waals surface area contributed by atoms with Crippen molar-refractivity contribution >= 4 is 23.4 Å². The van der Waals surface area contributed by atoms with Gasteiger partial charge in [-0.1, -0.05) is 6.07 Å². The van der Waals surface area contributed by atoms with Gasteiger partial charge >= 0.3 is 0 Å². The number of carbonyl (C=O) groups excluding carboxylic acids is 1. The highest BCUT2D eigenvalue weighted by Crippen LogP contribution is 2.37. The van der Waals surface area contributed by atoms with Crippen molar-refractivity contribution in [3.63, 3.8) is 0 Å². The van der Waals surface area contributed by atoms with Crippen LogP contribution in [0.25, 0.3) is 0 Å². The van der Waals surface area contributed by atoms with Gasteiger partial charge in [0, 0.05) is 4.90 Å². The van der Waals surface area contributed by atoms with E-state index < -0.39 is 0 Å². The first-order valence-electron chi connectivity index (χ1n) is 5.70. The maximum Gasteiger partial charge on any atom is 0.237 e. The molecule has 1 aromatic rings. The van der Waals surface area contributed by atoms with Crippen molar-refractivity contribution in [1.82, 2.24) is 4.90 Å². The van der Waals surface area contributed by atoms with Crippen LogP contribution in [-0.4, -0.2) is 30.2 Å². The lowest BCUT2D eigenvalue weighted by Crippen LogP contribution is -2.27. The number of nitrogens with one attached hydrogen (secondary N) is 1. The van der Waals surface area contributed by atoms with Crippen LogP contribution < -0.4 is 5.32 Å². The molecule has 0 saturated heterocycles. The fourth-order valence-corrected chi connectivity index (χ4v) is 2.82. The molecule has 0 spiro atoms. The van der Waals surface area contributed by atoms with Crippen molar-refractivity contribution in [1.29, 1.82) is 5.26 Å². The van der Waals surface area contributed by atoms with Crippen molar-refractivity contribution in [2.24, 2.45) is 0 Å². The van der Waals surface area contributed by atoms with Crippen LogP contribution in [0.2, 0.25) is 0 Å². The van der Waals surface area contributed by atoms with Crippen molar-refractivity contribution in [3.05, 3.63) is 23.8 Å². The molecule has 5 heteroatoms. The Hall–Kier alpha value is -1.51. The molecule has 1 aromatic carbocycles. The van der Waals surface area contributed by atoms with Crippen LogP contribution in [0.5, 0.6) is 0 Å². The topological polar surface area (TPSA) is 56.1 Å². The number of hydrogen-bond donors (Lipinski definition) is 1. The zero-order valence-electron chi connectivity index (χ0n) is 10.6. The third-order valence-electron chi connectivity index (χ3n) is 2.89. The van der Waals surface area contributed by atoms with Gasteiger partial charge in [-0.3, -0.25) is 9.69 Å². The van der Waals surface area contributed by atoms with Gasteiger partial charge in [0.15, 0.2) is 0 Å². The number of rotatable bonds is 2. The third kappa shape index (κ3) is 2.35. The Morgan fingerprint density at radius 2 is 2.22 bits per heavy atom. The molecule has 0 fully saturated rings. The summed E-state index contributed by atoms with van der Waals surface area (Å²) in [6.45, 7) is 1.88. The molecule has 1 aliphatic rings. The maximum absolute atomic E-state index is 11.6. The highest BCUT2D eigenvalue weighted by atomic mass is 32.2. The average molecular weight is 261 g/mol. The Bertz CT molecular complexity index is 521. The summed E-state index contributed by atoms with van der Waals surface area (Å²) in [6.07, 6.45) is 0. The van der Waals surface area contributed by atoms with Crippen LogP contribution in [0.4, 0.5) is 5.69 Å². The predicted octanol–water partition coefficient (Wildman–Crippen LogP) is 2.25. The van der Waals surface area contributed by atoms with Crippen molar-refractivity contribution < 1.29 is 4.79 Å². The van der Waals surface area contributed by atoms with E-state index in [0.717, 1.165) is 16.1 Å². The van der Waals surface area contributed by atoms with E-state index in [0.29, 0.717) is 0 Å². The standard InChI is InChI=1S/C13H15N3OS/c1-8-13(17)15-10-6-9(4-5-12(10)18-8)11(7-14)16(2)3/h4-6,8,11H,1-3H3,(H,15,17). The lowest BCUT2D eigenvalue weighted by atomic mass is 10.1. The number of anilines is 1. The summed E-state index contributed by atoms with van der Waals surface area (Å²) in [6, 6.07) is 7.76. The molecule has 2 rings (SSSR count). The lowest BCUT2D eigenvalue weighted by Gasteiger charge is -2.24. The van der Waals surface area contributed by atoms with Gasteiger partial charge in [-0.2, -0.15) is 5.26 Å². The average Bonchev–Trinajstić information content (AvgIpc) is 2.31. The first-order valence-corrected chi connectivity index (χ1v) is 6.58. The summed E-state index contributed by atoms with van der Waals surface area (Å²) < 4.78 is 0. The third-order valence-corrected chi connectivity index (χ3v) is 4.07. The Labute approximate surface area is 111 Å². The Morgan fingerprint density at radius 1 is 1.50 bits per heavy atom. The number of benzene rings is 1. The normalized spacial score (nSPS) is 19.9. The van der Waals surface area contributed by atoms with E-state index >= 15 is 0 Å². The van der Waals surface area contributed by atoms with E-state index in [1.165, 1.54) is 0 Å². The summed E-state index contributed by atoms with van der Waals surface area (Å²) in [5, 5.41) is 12.0. The summed E-state index contributed by atoms with van der Waals surface area (Å²) in [4.78, 5) is 14.5. The fourth-order valence-electron chi connectivity index (χ4n) is 1.88. The summed E-state index contributed by atoms with van der Waals surface area (Å²) in [5.41, 5.74) is 1.71.